The van der Waals surface area contributed by atoms with Crippen molar-refractivity contribution >= 4 is 10.0 Å². The molecule has 0 radical (unpaired) electrons. The molecule has 1 aromatic carbocycles. The third kappa shape index (κ3) is 5.16. The summed E-state index contributed by atoms with van der Waals surface area (Å²) in [7, 11) is -3.42. The largest absolute Gasteiger partial charge is 0.240 e. The SMILES string of the molecule is Cc1ccc(S(=O)(=O)NCC=C=CC2CCCCC2)cc1. The molecule has 1 aliphatic rings. The maximum absolute atomic E-state index is 12.0. The first-order valence-corrected chi connectivity index (χ1v) is 9.04. The lowest BCUT2D eigenvalue weighted by atomic mass is 9.89. The van der Waals surface area contributed by atoms with E-state index in [1.54, 1.807) is 30.3 Å². The zero-order chi connectivity index (χ0) is 15.1. The molecule has 1 aromatic rings. The van der Waals surface area contributed by atoms with E-state index in [0.717, 1.165) is 5.56 Å². The van der Waals surface area contributed by atoms with E-state index in [0.29, 0.717) is 10.8 Å². The van der Waals surface area contributed by atoms with E-state index in [2.05, 4.69) is 16.5 Å². The van der Waals surface area contributed by atoms with Crippen molar-refractivity contribution in [1.29, 1.82) is 0 Å². The van der Waals surface area contributed by atoms with Crippen molar-refractivity contribution in [1.82, 2.24) is 4.72 Å². The van der Waals surface area contributed by atoms with Crippen molar-refractivity contribution in [3.63, 3.8) is 0 Å². The molecule has 0 amide bonds. The number of benzene rings is 1. The predicted octanol–water partition coefficient (Wildman–Crippen LogP) is 3.56. The van der Waals surface area contributed by atoms with E-state index in [-0.39, 0.29) is 6.54 Å². The summed E-state index contributed by atoms with van der Waals surface area (Å²) in [4.78, 5) is 0.303. The Labute approximate surface area is 127 Å². The summed E-state index contributed by atoms with van der Waals surface area (Å²) in [6.07, 6.45) is 10.2. The highest BCUT2D eigenvalue weighted by atomic mass is 32.2. The Morgan fingerprint density at radius 3 is 2.52 bits per heavy atom. The predicted molar refractivity (Wildman–Crippen MR) is 85.6 cm³/mol. The van der Waals surface area contributed by atoms with Crippen LogP contribution in [0, 0.1) is 12.8 Å². The molecule has 114 valence electrons. The molecule has 3 nitrogen and oxygen atoms in total. The van der Waals surface area contributed by atoms with Crippen LogP contribution in [0.15, 0.2) is 47.0 Å². The quantitative estimate of drug-likeness (QED) is 0.845. The molecule has 1 fully saturated rings. The number of nitrogens with one attached hydrogen (secondary N) is 1. The lowest BCUT2D eigenvalue weighted by Crippen LogP contribution is -2.23. The molecule has 1 N–H and O–H groups in total. The third-order valence-electron chi connectivity index (χ3n) is 3.81. The highest BCUT2D eigenvalue weighted by Gasteiger charge is 2.12. The molecule has 0 aromatic heterocycles. The van der Waals surface area contributed by atoms with Gasteiger partial charge in [-0.15, -0.1) is 5.73 Å². The van der Waals surface area contributed by atoms with Gasteiger partial charge in [0.25, 0.3) is 0 Å². The maximum atomic E-state index is 12.0. The number of hydrogen-bond donors (Lipinski definition) is 1. The maximum Gasteiger partial charge on any atom is 0.240 e. The molecule has 0 unspecified atom stereocenters. The Balaban J connectivity index is 1.86. The van der Waals surface area contributed by atoms with E-state index >= 15 is 0 Å². The molecule has 1 aliphatic carbocycles. The standard InChI is InChI=1S/C17H23NO2S/c1-15-10-12-17(13-11-15)21(19,20)18-14-6-5-9-16-7-3-2-4-8-16/h6,9-13,16,18H,2-4,7-8,14H2,1H3. The van der Waals surface area contributed by atoms with Crippen LogP contribution in [0.4, 0.5) is 0 Å². The minimum absolute atomic E-state index is 0.277. The van der Waals surface area contributed by atoms with Crippen LogP contribution in [0.2, 0.25) is 0 Å². The van der Waals surface area contributed by atoms with Crippen molar-refractivity contribution < 1.29 is 8.42 Å². The van der Waals surface area contributed by atoms with Crippen LogP contribution >= 0.6 is 0 Å². The Hall–Kier alpha value is -1.35. The van der Waals surface area contributed by atoms with Crippen molar-refractivity contribution in [2.75, 3.05) is 6.54 Å². The van der Waals surface area contributed by atoms with E-state index < -0.39 is 10.0 Å². The molecule has 0 heterocycles. The zero-order valence-corrected chi connectivity index (χ0v) is 13.3. The molecule has 0 atom stereocenters. The Bertz CT molecular complexity index is 605. The van der Waals surface area contributed by atoms with Gasteiger partial charge >= 0.3 is 0 Å². The molecule has 0 aliphatic heterocycles. The molecule has 21 heavy (non-hydrogen) atoms. The lowest BCUT2D eigenvalue weighted by Gasteiger charge is -2.16. The van der Waals surface area contributed by atoms with E-state index in [4.69, 9.17) is 0 Å². The summed E-state index contributed by atoms with van der Waals surface area (Å²) in [5, 5.41) is 0. The average molecular weight is 305 g/mol. The van der Waals surface area contributed by atoms with Crippen molar-refractivity contribution in [2.24, 2.45) is 5.92 Å². The fraction of sp³-hybridized carbons (Fsp3) is 0.471. The Morgan fingerprint density at radius 1 is 1.19 bits per heavy atom. The normalized spacial score (nSPS) is 16.2. The minimum atomic E-state index is -3.42. The van der Waals surface area contributed by atoms with Gasteiger partial charge in [0.15, 0.2) is 0 Å². The smallest absolute Gasteiger partial charge is 0.207 e. The Kier molecular flexibility index (Phi) is 5.80. The van der Waals surface area contributed by atoms with Gasteiger partial charge in [0, 0.05) is 6.54 Å². The first kappa shape index (κ1) is 16.0. The highest BCUT2D eigenvalue weighted by Crippen LogP contribution is 2.23. The summed E-state index contributed by atoms with van der Waals surface area (Å²) in [6.45, 7) is 2.21. The monoisotopic (exact) mass is 305 g/mol. The van der Waals surface area contributed by atoms with E-state index in [1.807, 2.05) is 6.92 Å². The number of sulfonamides is 1. The molecule has 0 saturated heterocycles. The van der Waals surface area contributed by atoms with Crippen LogP contribution in [0.25, 0.3) is 0 Å². The molecule has 0 bridgehead atoms. The van der Waals surface area contributed by atoms with Gasteiger partial charge in [-0.25, -0.2) is 13.1 Å². The number of rotatable bonds is 5. The van der Waals surface area contributed by atoms with Crippen LogP contribution in [0.3, 0.4) is 0 Å². The summed E-state index contributed by atoms with van der Waals surface area (Å²) >= 11 is 0. The second kappa shape index (κ2) is 7.60. The van der Waals surface area contributed by atoms with Gasteiger partial charge in [-0.2, -0.15) is 0 Å². The number of aryl methyl sites for hydroxylation is 1. The van der Waals surface area contributed by atoms with Gasteiger partial charge in [-0.1, -0.05) is 37.0 Å². The van der Waals surface area contributed by atoms with Gasteiger partial charge in [-0.05, 0) is 50.0 Å². The van der Waals surface area contributed by atoms with Crippen LogP contribution in [-0.2, 0) is 10.0 Å². The van der Waals surface area contributed by atoms with Crippen LogP contribution < -0.4 is 4.72 Å². The van der Waals surface area contributed by atoms with E-state index in [1.165, 1.54) is 32.1 Å². The van der Waals surface area contributed by atoms with Gasteiger partial charge in [-0.3, -0.25) is 0 Å². The molecule has 1 saturated carbocycles. The first-order valence-electron chi connectivity index (χ1n) is 7.55. The van der Waals surface area contributed by atoms with Gasteiger partial charge < -0.3 is 0 Å². The first-order chi connectivity index (χ1) is 10.1. The van der Waals surface area contributed by atoms with Crippen LogP contribution in [0.1, 0.15) is 37.7 Å². The van der Waals surface area contributed by atoms with Gasteiger partial charge in [0.05, 0.1) is 4.90 Å². The molecular formula is C17H23NO2S. The van der Waals surface area contributed by atoms with Gasteiger partial charge in [0.1, 0.15) is 0 Å². The summed E-state index contributed by atoms with van der Waals surface area (Å²) < 4.78 is 26.6. The fourth-order valence-electron chi connectivity index (χ4n) is 2.52. The minimum Gasteiger partial charge on any atom is -0.207 e. The van der Waals surface area contributed by atoms with Crippen molar-refractivity contribution in [2.45, 2.75) is 43.9 Å². The van der Waals surface area contributed by atoms with E-state index in [9.17, 15) is 8.42 Å². The number of hydrogen-bond acceptors (Lipinski definition) is 2. The molecule has 0 spiro atoms. The zero-order valence-electron chi connectivity index (χ0n) is 12.5. The Morgan fingerprint density at radius 2 is 1.86 bits per heavy atom. The molecule has 4 heteroatoms. The summed E-state index contributed by atoms with van der Waals surface area (Å²) in [5.74, 6) is 0.615. The topological polar surface area (TPSA) is 46.2 Å². The van der Waals surface area contributed by atoms with Crippen molar-refractivity contribution in [3.05, 3.63) is 47.7 Å². The van der Waals surface area contributed by atoms with Crippen LogP contribution in [0.5, 0.6) is 0 Å². The highest BCUT2D eigenvalue weighted by molar-refractivity contribution is 7.89. The summed E-state index contributed by atoms with van der Waals surface area (Å²) in [5.41, 5.74) is 4.16. The second-order valence-corrected chi connectivity index (χ2v) is 7.37. The fourth-order valence-corrected chi connectivity index (χ4v) is 3.48. The molecular weight excluding hydrogens is 282 g/mol. The van der Waals surface area contributed by atoms with Crippen LogP contribution in [-0.4, -0.2) is 15.0 Å². The molecule has 2 rings (SSSR count). The van der Waals surface area contributed by atoms with Gasteiger partial charge in [0.2, 0.25) is 10.0 Å². The summed E-state index contributed by atoms with van der Waals surface area (Å²) in [6, 6.07) is 6.85. The van der Waals surface area contributed by atoms with Crippen molar-refractivity contribution in [3.8, 4) is 0 Å². The lowest BCUT2D eigenvalue weighted by molar-refractivity contribution is 0.419. The average Bonchev–Trinajstić information content (AvgIpc) is 2.48. The third-order valence-corrected chi connectivity index (χ3v) is 5.25. The second-order valence-electron chi connectivity index (χ2n) is 5.60.